The minimum Gasteiger partial charge on any atom is -0.241 e. The van der Waals surface area contributed by atoms with Gasteiger partial charge in [0.1, 0.15) is 6.33 Å². The van der Waals surface area contributed by atoms with Crippen molar-refractivity contribution in [3.63, 3.8) is 0 Å². The smallest absolute Gasteiger partial charge is 0.116 e. The summed E-state index contributed by atoms with van der Waals surface area (Å²) < 4.78 is 0. The standard InChI is InChI=1S/C8H9N2P/c1-5-6-2-3-7(11)8(6)10-4-9-5/h2-4,7H,11H2,1H3. The molecule has 56 valence electrons. The number of rotatable bonds is 0. The van der Waals surface area contributed by atoms with E-state index in [9.17, 15) is 0 Å². The number of allylic oxidation sites excluding steroid dienone is 1. The topological polar surface area (TPSA) is 25.8 Å². The van der Waals surface area contributed by atoms with Gasteiger partial charge in [0.2, 0.25) is 0 Å². The van der Waals surface area contributed by atoms with Gasteiger partial charge in [-0.15, -0.1) is 9.24 Å². The van der Waals surface area contributed by atoms with Gasteiger partial charge in [-0.2, -0.15) is 0 Å². The van der Waals surface area contributed by atoms with Crippen molar-refractivity contribution in [3.05, 3.63) is 29.4 Å². The van der Waals surface area contributed by atoms with Crippen LogP contribution in [0.3, 0.4) is 0 Å². The minimum absolute atomic E-state index is 0.381. The molecule has 1 heterocycles. The Morgan fingerprint density at radius 2 is 2.27 bits per heavy atom. The van der Waals surface area contributed by atoms with Crippen LogP contribution in [0.2, 0.25) is 0 Å². The zero-order chi connectivity index (χ0) is 7.84. The summed E-state index contributed by atoms with van der Waals surface area (Å²) in [5, 5.41) is 0. The molecule has 1 aliphatic carbocycles. The first kappa shape index (κ1) is 6.93. The second kappa shape index (κ2) is 2.38. The van der Waals surface area contributed by atoms with Gasteiger partial charge in [0, 0.05) is 16.9 Å². The Balaban J connectivity index is 2.65. The van der Waals surface area contributed by atoms with Crippen LogP contribution in [0.5, 0.6) is 0 Å². The molecule has 0 radical (unpaired) electrons. The summed E-state index contributed by atoms with van der Waals surface area (Å²) in [6, 6.07) is 0. The van der Waals surface area contributed by atoms with Gasteiger partial charge in [-0.25, -0.2) is 9.97 Å². The second-order valence-electron chi connectivity index (χ2n) is 2.64. The lowest BCUT2D eigenvalue weighted by molar-refractivity contribution is 1.01. The van der Waals surface area contributed by atoms with Gasteiger partial charge < -0.3 is 0 Å². The van der Waals surface area contributed by atoms with Crippen LogP contribution in [-0.4, -0.2) is 9.97 Å². The molecular weight excluding hydrogens is 155 g/mol. The van der Waals surface area contributed by atoms with E-state index in [1.807, 2.05) is 6.92 Å². The maximum atomic E-state index is 4.21. The fourth-order valence-corrected chi connectivity index (χ4v) is 1.64. The van der Waals surface area contributed by atoms with Gasteiger partial charge in [0.15, 0.2) is 0 Å². The molecule has 1 aliphatic rings. The van der Waals surface area contributed by atoms with Gasteiger partial charge in [-0.05, 0) is 6.92 Å². The molecule has 11 heavy (non-hydrogen) atoms. The zero-order valence-corrected chi connectivity index (χ0v) is 7.44. The predicted octanol–water partition coefficient (Wildman–Crippen LogP) is 1.73. The number of hydrogen-bond acceptors (Lipinski definition) is 2. The van der Waals surface area contributed by atoms with Crippen molar-refractivity contribution < 1.29 is 0 Å². The summed E-state index contributed by atoms with van der Waals surface area (Å²) in [5.74, 6) is 0. The Labute approximate surface area is 68.0 Å². The highest BCUT2D eigenvalue weighted by atomic mass is 31.0. The average molecular weight is 164 g/mol. The summed E-state index contributed by atoms with van der Waals surface area (Å²) in [6.45, 7) is 2.01. The number of nitrogens with zero attached hydrogens (tertiary/aromatic N) is 2. The molecule has 0 amide bonds. The van der Waals surface area contributed by atoms with E-state index >= 15 is 0 Å². The number of aromatic nitrogens is 2. The van der Waals surface area contributed by atoms with E-state index in [1.165, 1.54) is 5.56 Å². The Morgan fingerprint density at radius 1 is 1.45 bits per heavy atom. The molecule has 3 heteroatoms. The van der Waals surface area contributed by atoms with Crippen molar-refractivity contribution in [1.82, 2.24) is 9.97 Å². The minimum atomic E-state index is 0.381. The molecule has 0 aromatic carbocycles. The molecule has 1 aromatic rings. The fraction of sp³-hybridized carbons (Fsp3) is 0.250. The average Bonchev–Trinajstić information content (AvgIpc) is 2.35. The lowest BCUT2D eigenvalue weighted by Crippen LogP contribution is -1.94. The normalized spacial score (nSPS) is 20.4. The first-order valence-corrected chi connectivity index (χ1v) is 4.21. The number of fused-ring (bicyclic) bond motifs is 1. The molecule has 0 saturated carbocycles. The summed E-state index contributed by atoms with van der Waals surface area (Å²) in [7, 11) is 2.75. The Kier molecular flexibility index (Phi) is 1.50. The van der Waals surface area contributed by atoms with Gasteiger partial charge in [-0.3, -0.25) is 0 Å². The van der Waals surface area contributed by atoms with Crippen molar-refractivity contribution in [3.8, 4) is 0 Å². The van der Waals surface area contributed by atoms with Crippen molar-refractivity contribution >= 4 is 15.3 Å². The van der Waals surface area contributed by atoms with E-state index in [2.05, 4.69) is 31.4 Å². The van der Waals surface area contributed by atoms with E-state index in [4.69, 9.17) is 0 Å². The van der Waals surface area contributed by atoms with Crippen LogP contribution in [0.15, 0.2) is 12.4 Å². The van der Waals surface area contributed by atoms with Crippen LogP contribution >= 0.6 is 9.24 Å². The van der Waals surface area contributed by atoms with Gasteiger partial charge in [-0.1, -0.05) is 12.2 Å². The highest BCUT2D eigenvalue weighted by molar-refractivity contribution is 7.17. The van der Waals surface area contributed by atoms with E-state index in [1.54, 1.807) is 6.33 Å². The Hall–Kier alpha value is -0.750. The fourth-order valence-electron chi connectivity index (χ4n) is 1.26. The largest absolute Gasteiger partial charge is 0.241 e. The van der Waals surface area contributed by atoms with Gasteiger partial charge in [0.25, 0.3) is 0 Å². The van der Waals surface area contributed by atoms with E-state index in [0.29, 0.717) is 5.66 Å². The molecule has 0 aliphatic heterocycles. The molecule has 2 atom stereocenters. The van der Waals surface area contributed by atoms with Crippen molar-refractivity contribution in [2.75, 3.05) is 0 Å². The summed E-state index contributed by atoms with van der Waals surface area (Å²) in [5.41, 5.74) is 3.76. The second-order valence-corrected chi connectivity index (χ2v) is 3.36. The molecular formula is C8H9N2P. The van der Waals surface area contributed by atoms with Crippen LogP contribution in [0.4, 0.5) is 0 Å². The van der Waals surface area contributed by atoms with Crippen LogP contribution in [-0.2, 0) is 0 Å². The quantitative estimate of drug-likeness (QED) is 0.545. The molecule has 0 N–H and O–H groups in total. The molecule has 0 bridgehead atoms. The maximum absolute atomic E-state index is 4.21. The number of aryl methyl sites for hydroxylation is 1. The third kappa shape index (κ3) is 0.982. The zero-order valence-electron chi connectivity index (χ0n) is 6.28. The lowest BCUT2D eigenvalue weighted by Gasteiger charge is -2.03. The molecule has 2 rings (SSSR count). The lowest BCUT2D eigenvalue weighted by atomic mass is 10.2. The SMILES string of the molecule is Cc1ncnc2c1C=CC2P. The van der Waals surface area contributed by atoms with Crippen LogP contribution in [0.25, 0.3) is 6.08 Å². The monoisotopic (exact) mass is 164 g/mol. The number of hydrogen-bond donors (Lipinski definition) is 0. The van der Waals surface area contributed by atoms with Crippen LogP contribution in [0, 0.1) is 6.92 Å². The summed E-state index contributed by atoms with van der Waals surface area (Å²) >= 11 is 0. The Bertz CT molecular complexity index is 320. The van der Waals surface area contributed by atoms with E-state index in [-0.39, 0.29) is 0 Å². The highest BCUT2D eigenvalue weighted by Crippen LogP contribution is 2.33. The van der Waals surface area contributed by atoms with Crippen LogP contribution < -0.4 is 0 Å². The van der Waals surface area contributed by atoms with Crippen molar-refractivity contribution in [1.29, 1.82) is 0 Å². The predicted molar refractivity (Wildman–Crippen MR) is 48.3 cm³/mol. The maximum Gasteiger partial charge on any atom is 0.116 e. The molecule has 0 spiro atoms. The Morgan fingerprint density at radius 3 is 3.00 bits per heavy atom. The van der Waals surface area contributed by atoms with E-state index < -0.39 is 0 Å². The highest BCUT2D eigenvalue weighted by Gasteiger charge is 2.15. The van der Waals surface area contributed by atoms with Gasteiger partial charge >= 0.3 is 0 Å². The van der Waals surface area contributed by atoms with Crippen molar-refractivity contribution in [2.45, 2.75) is 12.6 Å². The van der Waals surface area contributed by atoms with Gasteiger partial charge in [0.05, 0.1) is 5.69 Å². The molecule has 0 saturated heterocycles. The molecule has 2 nitrogen and oxygen atoms in total. The first-order chi connectivity index (χ1) is 5.29. The molecule has 1 aromatic heterocycles. The third-order valence-electron chi connectivity index (χ3n) is 1.90. The first-order valence-electron chi connectivity index (χ1n) is 3.54. The summed E-state index contributed by atoms with van der Waals surface area (Å²) in [4.78, 5) is 8.32. The third-order valence-corrected chi connectivity index (χ3v) is 2.44. The molecule has 0 fully saturated rings. The van der Waals surface area contributed by atoms with Crippen LogP contribution in [0.1, 0.15) is 22.6 Å². The summed E-state index contributed by atoms with van der Waals surface area (Å²) in [6.07, 6.45) is 5.83. The molecule has 2 unspecified atom stereocenters. The van der Waals surface area contributed by atoms with E-state index in [0.717, 1.165) is 11.4 Å². The van der Waals surface area contributed by atoms with Crippen molar-refractivity contribution in [2.24, 2.45) is 0 Å².